The van der Waals surface area contributed by atoms with Gasteiger partial charge in [-0.15, -0.1) is 0 Å². The maximum absolute atomic E-state index is 11.8. The first-order valence-corrected chi connectivity index (χ1v) is 4.53. The van der Waals surface area contributed by atoms with Crippen LogP contribution in [0.3, 0.4) is 0 Å². The summed E-state index contributed by atoms with van der Waals surface area (Å²) in [6.45, 7) is 7.83. The predicted molar refractivity (Wildman–Crippen MR) is 55.0 cm³/mol. The Kier molecular flexibility index (Phi) is 2.55. The molecule has 0 radical (unpaired) electrons. The maximum Gasteiger partial charge on any atom is 0.168 e. The minimum Gasteiger partial charge on any atom is -0.294 e. The Morgan fingerprint density at radius 3 is 2.31 bits per heavy atom. The Balaban J connectivity index is 3.03. The van der Waals surface area contributed by atoms with E-state index < -0.39 is 0 Å². The van der Waals surface area contributed by atoms with Crippen molar-refractivity contribution in [2.24, 2.45) is 5.41 Å². The molecule has 0 N–H and O–H groups in total. The number of rotatable bonds is 1. The third-order valence-electron chi connectivity index (χ3n) is 1.96. The van der Waals surface area contributed by atoms with E-state index in [2.05, 4.69) is 0 Å². The Morgan fingerprint density at radius 2 is 1.85 bits per heavy atom. The molecule has 0 saturated carbocycles. The summed E-state index contributed by atoms with van der Waals surface area (Å²) in [5.74, 6) is 0.205. The fourth-order valence-electron chi connectivity index (χ4n) is 1.22. The number of hydrogen-bond donors (Lipinski definition) is 0. The molecule has 1 heteroatoms. The van der Waals surface area contributed by atoms with E-state index in [1.807, 2.05) is 52.0 Å². The fourth-order valence-corrected chi connectivity index (χ4v) is 1.22. The molecule has 0 spiro atoms. The van der Waals surface area contributed by atoms with Crippen LogP contribution in [0.5, 0.6) is 0 Å². The lowest BCUT2D eigenvalue weighted by Crippen LogP contribution is -2.20. The van der Waals surface area contributed by atoms with E-state index in [1.165, 1.54) is 0 Å². The lowest BCUT2D eigenvalue weighted by molar-refractivity contribution is 0.0858. The van der Waals surface area contributed by atoms with Crippen LogP contribution in [0.15, 0.2) is 24.3 Å². The second-order valence-corrected chi connectivity index (χ2v) is 4.45. The molecule has 1 aromatic carbocycles. The second kappa shape index (κ2) is 3.33. The number of carbonyl (C=O) groups excluding carboxylic acids is 1. The summed E-state index contributed by atoms with van der Waals surface area (Å²) >= 11 is 0. The quantitative estimate of drug-likeness (QED) is 0.600. The molecule has 1 rings (SSSR count). The minimum atomic E-state index is -0.284. The lowest BCUT2D eigenvalue weighted by atomic mass is 9.86. The van der Waals surface area contributed by atoms with Crippen molar-refractivity contribution in [1.29, 1.82) is 0 Å². The lowest BCUT2D eigenvalue weighted by Gasteiger charge is -2.16. The van der Waals surface area contributed by atoms with Gasteiger partial charge < -0.3 is 0 Å². The number of aryl methyl sites for hydroxylation is 1. The van der Waals surface area contributed by atoms with Gasteiger partial charge in [0.05, 0.1) is 0 Å². The molecule has 70 valence electrons. The van der Waals surface area contributed by atoms with Gasteiger partial charge in [-0.1, -0.05) is 44.5 Å². The highest BCUT2D eigenvalue weighted by Crippen LogP contribution is 2.20. The Bertz CT molecular complexity index is 318. The number of carbonyl (C=O) groups is 1. The van der Waals surface area contributed by atoms with Gasteiger partial charge in [-0.25, -0.2) is 0 Å². The molecule has 0 heterocycles. The van der Waals surface area contributed by atoms with Crippen LogP contribution in [0.25, 0.3) is 0 Å². The normalized spacial score (nSPS) is 11.4. The van der Waals surface area contributed by atoms with Gasteiger partial charge in [0.1, 0.15) is 0 Å². The van der Waals surface area contributed by atoms with E-state index in [1.54, 1.807) is 0 Å². The molecule has 0 bridgehead atoms. The summed E-state index contributed by atoms with van der Waals surface area (Å²) in [4.78, 5) is 11.8. The number of ketones is 1. The number of Topliss-reactive ketones (excluding diaryl/α,β-unsaturated/α-hetero) is 1. The Hall–Kier alpha value is -1.11. The van der Waals surface area contributed by atoms with Gasteiger partial charge >= 0.3 is 0 Å². The van der Waals surface area contributed by atoms with Crippen LogP contribution in [-0.4, -0.2) is 5.78 Å². The van der Waals surface area contributed by atoms with Gasteiger partial charge in [0.15, 0.2) is 5.78 Å². The maximum atomic E-state index is 11.8. The molecule has 0 aromatic heterocycles. The largest absolute Gasteiger partial charge is 0.294 e. The first-order chi connectivity index (χ1) is 5.91. The third-order valence-corrected chi connectivity index (χ3v) is 1.96. The summed E-state index contributed by atoms with van der Waals surface area (Å²) in [5.41, 5.74) is 1.66. The highest BCUT2D eigenvalue weighted by atomic mass is 16.1. The van der Waals surface area contributed by atoms with Crippen molar-refractivity contribution in [3.63, 3.8) is 0 Å². The van der Waals surface area contributed by atoms with Crippen molar-refractivity contribution < 1.29 is 4.79 Å². The molecule has 0 amide bonds. The highest BCUT2D eigenvalue weighted by Gasteiger charge is 2.22. The SMILES string of the molecule is Cc1cccc(C(=O)C(C)(C)C)c1. The zero-order valence-electron chi connectivity index (χ0n) is 8.72. The Labute approximate surface area is 79.8 Å². The van der Waals surface area contributed by atoms with Crippen molar-refractivity contribution in [2.75, 3.05) is 0 Å². The molecule has 0 unspecified atom stereocenters. The predicted octanol–water partition coefficient (Wildman–Crippen LogP) is 3.22. The summed E-state index contributed by atoms with van der Waals surface area (Å²) in [7, 11) is 0. The van der Waals surface area contributed by atoms with E-state index in [0.717, 1.165) is 11.1 Å². The number of hydrogen-bond acceptors (Lipinski definition) is 1. The average molecular weight is 176 g/mol. The molecule has 13 heavy (non-hydrogen) atoms. The first-order valence-electron chi connectivity index (χ1n) is 4.53. The van der Waals surface area contributed by atoms with E-state index in [0.29, 0.717) is 0 Å². The zero-order valence-corrected chi connectivity index (χ0v) is 8.72. The first kappa shape index (κ1) is 9.97. The molecule has 0 aliphatic rings. The minimum absolute atomic E-state index is 0.205. The van der Waals surface area contributed by atoms with Crippen LogP contribution in [0.1, 0.15) is 36.7 Å². The van der Waals surface area contributed by atoms with E-state index in [4.69, 9.17) is 0 Å². The van der Waals surface area contributed by atoms with Crippen LogP contribution in [0.4, 0.5) is 0 Å². The summed E-state index contributed by atoms with van der Waals surface area (Å²) in [6, 6.07) is 7.74. The monoisotopic (exact) mass is 176 g/mol. The van der Waals surface area contributed by atoms with Gasteiger partial charge in [0.25, 0.3) is 0 Å². The molecular weight excluding hydrogens is 160 g/mol. The van der Waals surface area contributed by atoms with E-state index in [9.17, 15) is 4.79 Å². The molecule has 0 fully saturated rings. The molecule has 0 atom stereocenters. The van der Waals surface area contributed by atoms with Crippen molar-refractivity contribution in [3.8, 4) is 0 Å². The number of benzene rings is 1. The van der Waals surface area contributed by atoms with Crippen LogP contribution < -0.4 is 0 Å². The van der Waals surface area contributed by atoms with E-state index in [-0.39, 0.29) is 11.2 Å². The molecule has 0 saturated heterocycles. The van der Waals surface area contributed by atoms with Crippen molar-refractivity contribution in [1.82, 2.24) is 0 Å². The Morgan fingerprint density at radius 1 is 1.23 bits per heavy atom. The van der Waals surface area contributed by atoms with Crippen LogP contribution in [-0.2, 0) is 0 Å². The third kappa shape index (κ3) is 2.41. The molecular formula is C12H16O. The molecule has 0 aliphatic carbocycles. The van der Waals surface area contributed by atoms with Gasteiger partial charge in [-0.3, -0.25) is 4.79 Å². The van der Waals surface area contributed by atoms with Crippen molar-refractivity contribution >= 4 is 5.78 Å². The van der Waals surface area contributed by atoms with Gasteiger partial charge in [-0.05, 0) is 13.0 Å². The summed E-state index contributed by atoms with van der Waals surface area (Å²) in [5, 5.41) is 0. The van der Waals surface area contributed by atoms with E-state index >= 15 is 0 Å². The topological polar surface area (TPSA) is 17.1 Å². The second-order valence-electron chi connectivity index (χ2n) is 4.45. The van der Waals surface area contributed by atoms with Gasteiger partial charge in [-0.2, -0.15) is 0 Å². The summed E-state index contributed by atoms with van der Waals surface area (Å²) in [6.07, 6.45) is 0. The highest BCUT2D eigenvalue weighted by molar-refractivity contribution is 5.99. The van der Waals surface area contributed by atoms with Crippen molar-refractivity contribution in [3.05, 3.63) is 35.4 Å². The standard InChI is InChI=1S/C12H16O/c1-9-6-5-7-10(8-9)11(13)12(2,3)4/h5-8H,1-4H3. The zero-order chi connectivity index (χ0) is 10.1. The van der Waals surface area contributed by atoms with Gasteiger partial charge in [0.2, 0.25) is 0 Å². The van der Waals surface area contributed by atoms with Crippen LogP contribution >= 0.6 is 0 Å². The molecule has 1 aromatic rings. The summed E-state index contributed by atoms with van der Waals surface area (Å²) < 4.78 is 0. The van der Waals surface area contributed by atoms with Crippen LogP contribution in [0, 0.1) is 12.3 Å². The van der Waals surface area contributed by atoms with Crippen molar-refractivity contribution in [2.45, 2.75) is 27.7 Å². The smallest absolute Gasteiger partial charge is 0.168 e. The molecule has 0 aliphatic heterocycles. The van der Waals surface area contributed by atoms with Gasteiger partial charge in [0, 0.05) is 11.0 Å². The fraction of sp³-hybridized carbons (Fsp3) is 0.417. The molecule has 1 nitrogen and oxygen atoms in total. The van der Waals surface area contributed by atoms with Crippen LogP contribution in [0.2, 0.25) is 0 Å². The average Bonchev–Trinajstić information content (AvgIpc) is 2.01.